The standard InChI is InChI=1S/2C17H19FN2.C16H17FN2.C16H19N3.C16H20N2S.C15H17N3.C14H18Cl2N2/c1-19-8-14-10-20(11-15(14)9-19)17-5-3-12-6-16(18)4-2-13(12)7-17;1-19-8-13-10-20(11-14(13)9-19)16-7-6-12-4-2-3-5-15(12)17(16)18;17-16-14-4-2-1-3-11(14)5-6-15(16)19-9-12-7-18-8-13(12)10-19;1-18-8-14-10-19(11-15(14)9-18)16-6-12-4-2-3-5-13(12)7-17-16;1-2-12-6-9-19-16(12)15(3-1)18-7-4-13-10-17-11-14(13)5-8-18;1-2-4-12-8-17-15(5-11(12)3-1)18-9-13-6-16-7-14(13)10-18;15-13-2-1-12(7-14(13)16)18-5-3-10-8-17-9-11(10)4-6-18/h2-7,14-15H,8-11H2,1H3;2-7,13-14H,8-11H2,1H3;1-6,12-13,18H,7-10H2;2-7,14-15H,8-11H2,1H3;1-3,6,9,13-14,17H,4-5,7-8,10-11H2;1-5,8,13-14,16H,6-7,9-10H2;1-2,7,10-11,17H,3-6,8-9H2. The molecule has 0 aliphatic carbocycles. The molecule has 4 N–H and O–H groups in total. The van der Waals surface area contributed by atoms with Crippen LogP contribution in [0.25, 0.3) is 63.9 Å². The van der Waals surface area contributed by atoms with E-state index >= 15 is 0 Å². The Morgan fingerprint density at radius 3 is 1.12 bits per heavy atom. The number of anilines is 7. The van der Waals surface area contributed by atoms with Crippen LogP contribution in [0.15, 0.2) is 230 Å². The fraction of sp³-hybridized carbons (Fsp3) is 0.441. The first-order valence-electron chi connectivity index (χ1n) is 49.4. The summed E-state index contributed by atoms with van der Waals surface area (Å²) in [7, 11) is 6.63. The van der Waals surface area contributed by atoms with Crippen molar-refractivity contribution in [2.75, 3.05) is 239 Å². The lowest BCUT2D eigenvalue weighted by Crippen LogP contribution is -2.27. The normalized spacial score (nSPS) is 26.9. The van der Waals surface area contributed by atoms with Crippen molar-refractivity contribution in [1.82, 2.24) is 45.9 Å². The van der Waals surface area contributed by atoms with E-state index in [4.69, 9.17) is 23.2 Å². The number of thiophene rings is 1. The topological polar surface area (TPSA) is 106 Å². The number of halogens is 5. The van der Waals surface area contributed by atoms with Crippen LogP contribution in [0.1, 0.15) is 25.7 Å². The van der Waals surface area contributed by atoms with Crippen LogP contribution in [0.5, 0.6) is 0 Å². The van der Waals surface area contributed by atoms with Gasteiger partial charge in [-0.1, -0.05) is 157 Å². The van der Waals surface area contributed by atoms with Crippen LogP contribution in [0.4, 0.5) is 53.2 Å². The lowest BCUT2D eigenvalue weighted by molar-refractivity contribution is 0.386. The van der Waals surface area contributed by atoms with E-state index in [1.807, 2.05) is 121 Å². The Morgan fingerprint density at radius 2 is 0.647 bits per heavy atom. The summed E-state index contributed by atoms with van der Waals surface area (Å²) in [6, 6.07) is 71.0. The molecule has 133 heavy (non-hydrogen) atoms. The minimum Gasteiger partial charge on any atom is -0.371 e. The number of fused-ring (bicyclic) bond motifs is 13. The minimum absolute atomic E-state index is 0.0589. The molecule has 14 saturated heterocycles. The van der Waals surface area contributed by atoms with Crippen LogP contribution >= 0.6 is 34.5 Å². The molecule has 694 valence electrons. The molecule has 13 aromatic rings. The molecule has 16 nitrogen and oxygen atoms in total. The number of pyridine rings is 2. The second-order valence-electron chi connectivity index (χ2n) is 41.0. The smallest absolute Gasteiger partial charge is 0.154 e. The minimum atomic E-state index is -0.163. The second-order valence-corrected chi connectivity index (χ2v) is 42.7. The summed E-state index contributed by atoms with van der Waals surface area (Å²) in [6.07, 6.45) is 9.25. The largest absolute Gasteiger partial charge is 0.371 e. The van der Waals surface area contributed by atoms with Crippen LogP contribution in [0, 0.1) is 100 Å². The Hall–Kier alpha value is -9.55. The molecule has 22 heteroatoms. The van der Waals surface area contributed by atoms with Crippen molar-refractivity contribution in [2.45, 2.75) is 25.7 Å². The predicted molar refractivity (Wildman–Crippen MR) is 550 cm³/mol. The van der Waals surface area contributed by atoms with Crippen molar-refractivity contribution in [3.63, 3.8) is 0 Å². The number of likely N-dealkylation sites (tertiary alicyclic amines) is 3. The highest BCUT2D eigenvalue weighted by Gasteiger charge is 2.44. The van der Waals surface area contributed by atoms with Gasteiger partial charge in [-0.2, -0.15) is 0 Å². The van der Waals surface area contributed by atoms with Crippen molar-refractivity contribution in [3.8, 4) is 0 Å². The molecule has 0 amide bonds. The molecule has 14 aliphatic heterocycles. The van der Waals surface area contributed by atoms with Crippen LogP contribution in [-0.4, -0.2) is 229 Å². The molecule has 14 aliphatic rings. The molecule has 14 fully saturated rings. The zero-order valence-electron chi connectivity index (χ0n) is 77.3. The van der Waals surface area contributed by atoms with Gasteiger partial charge in [0.1, 0.15) is 17.5 Å². The first-order valence-corrected chi connectivity index (χ1v) is 51.0. The number of hydrogen-bond donors (Lipinski definition) is 4. The maximum Gasteiger partial charge on any atom is 0.154 e. The van der Waals surface area contributed by atoms with Gasteiger partial charge < -0.3 is 70.3 Å². The van der Waals surface area contributed by atoms with Gasteiger partial charge in [0.05, 0.1) is 31.8 Å². The summed E-state index contributed by atoms with van der Waals surface area (Å²) in [5, 5.41) is 29.4. The third kappa shape index (κ3) is 20.1. The van der Waals surface area contributed by atoms with Crippen LogP contribution < -0.4 is 55.6 Å². The maximum atomic E-state index is 14.7. The zero-order chi connectivity index (χ0) is 90.2. The van der Waals surface area contributed by atoms with Gasteiger partial charge >= 0.3 is 0 Å². The second kappa shape index (κ2) is 40.4. The summed E-state index contributed by atoms with van der Waals surface area (Å²) >= 11 is 14.0. The van der Waals surface area contributed by atoms with Gasteiger partial charge in [-0.25, -0.2) is 23.1 Å². The lowest BCUT2D eigenvalue weighted by Gasteiger charge is -2.24. The molecule has 17 heterocycles. The third-order valence-electron chi connectivity index (χ3n) is 32.3. The molecule has 0 spiro atoms. The summed E-state index contributed by atoms with van der Waals surface area (Å²) in [4.78, 5) is 33.5. The van der Waals surface area contributed by atoms with Crippen molar-refractivity contribution >= 4 is 139 Å². The number of aromatic nitrogens is 2. The van der Waals surface area contributed by atoms with E-state index in [0.29, 0.717) is 33.7 Å². The van der Waals surface area contributed by atoms with Crippen molar-refractivity contribution in [1.29, 1.82) is 0 Å². The summed E-state index contributed by atoms with van der Waals surface area (Å²) in [5.74, 6) is 13.2. The average Bonchev–Trinajstić information content (AvgIpc) is 1.68. The summed E-state index contributed by atoms with van der Waals surface area (Å²) < 4.78 is 44.0. The van der Waals surface area contributed by atoms with Gasteiger partial charge in [-0.3, -0.25) is 0 Å². The Labute approximate surface area is 797 Å². The van der Waals surface area contributed by atoms with Crippen molar-refractivity contribution in [3.05, 3.63) is 258 Å². The molecule has 10 aromatic carbocycles. The molecular formula is C111H129Cl2F3N16S. The van der Waals surface area contributed by atoms with Crippen LogP contribution in [0.2, 0.25) is 10.0 Å². The van der Waals surface area contributed by atoms with E-state index < -0.39 is 0 Å². The number of hydrogen-bond acceptors (Lipinski definition) is 17. The Balaban J connectivity index is 0.0000000934. The van der Waals surface area contributed by atoms with E-state index in [-0.39, 0.29) is 17.5 Å². The first kappa shape index (κ1) is 90.0. The Kier molecular flexibility index (Phi) is 27.3. The number of benzene rings is 10. The fourth-order valence-electron chi connectivity index (χ4n) is 25.0. The molecule has 0 radical (unpaired) electrons. The SMILES string of the molecule is CN1CC2CN(c3cc4ccccc4cn3)CC2C1.CN1CC2CN(c3ccc4cc(F)ccc4c3)CC2C1.CN1CC2CN(c3ccc4ccccc4c3F)CC2C1.Clc1ccc(N2CCC3CNCC3CC2)cc1Cl.Fc1c(N2CC3CNCC3C2)ccc2ccccc12.c1cc(N2CCC3CNCC3CC2)c2sccc2c1.c1ccc2cc(N3CC4CNCC4C3)ncc2c1. The lowest BCUT2D eigenvalue weighted by atomic mass is 9.92. The number of nitrogens with zero attached hydrogens (tertiary/aromatic N) is 12. The van der Waals surface area contributed by atoms with E-state index in [2.05, 4.69) is 210 Å². The molecule has 14 unspecified atom stereocenters. The highest BCUT2D eigenvalue weighted by molar-refractivity contribution is 7.17. The van der Waals surface area contributed by atoms with Gasteiger partial charge in [0.15, 0.2) is 11.6 Å². The molecule has 0 bridgehead atoms. The van der Waals surface area contributed by atoms with E-state index in [9.17, 15) is 13.2 Å². The molecule has 0 saturated carbocycles. The Bertz CT molecular complexity index is 6130. The Morgan fingerprint density at radius 1 is 0.286 bits per heavy atom. The van der Waals surface area contributed by atoms with E-state index in [1.165, 1.54) is 166 Å². The molecule has 27 rings (SSSR count). The molecule has 3 aromatic heterocycles. The highest BCUT2D eigenvalue weighted by atomic mass is 35.5. The monoisotopic (exact) mass is 1840 g/mol. The van der Waals surface area contributed by atoms with E-state index in [0.717, 1.165) is 206 Å². The number of rotatable bonds is 7. The van der Waals surface area contributed by atoms with Gasteiger partial charge in [-0.15, -0.1) is 11.3 Å². The van der Waals surface area contributed by atoms with Gasteiger partial charge in [0.25, 0.3) is 0 Å². The summed E-state index contributed by atoms with van der Waals surface area (Å²) in [6.45, 7) is 32.2. The van der Waals surface area contributed by atoms with Gasteiger partial charge in [0.2, 0.25) is 0 Å². The zero-order valence-corrected chi connectivity index (χ0v) is 79.6. The third-order valence-corrected chi connectivity index (χ3v) is 34.0. The van der Waals surface area contributed by atoms with E-state index in [1.54, 1.807) is 12.1 Å². The number of nitrogens with one attached hydrogen (secondary N) is 4. The quantitative estimate of drug-likeness (QED) is 0.122. The van der Waals surface area contributed by atoms with Crippen LogP contribution in [0.3, 0.4) is 0 Å². The maximum absolute atomic E-state index is 14.7. The van der Waals surface area contributed by atoms with Crippen molar-refractivity contribution < 1.29 is 13.2 Å². The van der Waals surface area contributed by atoms with Crippen molar-refractivity contribution in [2.24, 2.45) is 82.9 Å². The van der Waals surface area contributed by atoms with Gasteiger partial charge in [0, 0.05) is 202 Å². The van der Waals surface area contributed by atoms with Gasteiger partial charge in [-0.05, 0) is 278 Å². The highest BCUT2D eigenvalue weighted by Crippen LogP contribution is 2.43. The average molecular weight is 1850 g/mol. The molecular weight excluding hydrogens is 1720 g/mol. The predicted octanol–water partition coefficient (Wildman–Crippen LogP) is 19.5. The first-order chi connectivity index (χ1) is 65.1. The summed E-state index contributed by atoms with van der Waals surface area (Å²) in [5.41, 5.74) is 5.49. The van der Waals surface area contributed by atoms with Crippen LogP contribution in [-0.2, 0) is 0 Å². The molecule has 14 atom stereocenters. The fourth-order valence-corrected chi connectivity index (χ4v) is 26.3.